The summed E-state index contributed by atoms with van der Waals surface area (Å²) in [6.07, 6.45) is -0.896. The number of aliphatic hydroxyl groups excluding tert-OH is 1. The minimum atomic E-state index is -0.896. The van der Waals surface area contributed by atoms with Crippen LogP contribution in [0.5, 0.6) is 0 Å². The van der Waals surface area contributed by atoms with Gasteiger partial charge in [0.1, 0.15) is 6.73 Å². The lowest BCUT2D eigenvalue weighted by atomic mass is 9.85. The van der Waals surface area contributed by atoms with Crippen molar-refractivity contribution in [3.8, 4) is 0 Å². The van der Waals surface area contributed by atoms with E-state index in [0.717, 1.165) is 16.8 Å². The number of anilines is 1. The number of rotatable bonds is 9. The number of hydrogen-bond donors (Lipinski definition) is 1. The highest BCUT2D eigenvalue weighted by Gasteiger charge is 2.31. The van der Waals surface area contributed by atoms with Gasteiger partial charge in [-0.2, -0.15) is 0 Å². The number of hydrogen-bond acceptors (Lipinski definition) is 4. The zero-order valence-electron chi connectivity index (χ0n) is 18.1. The molecule has 2 aromatic carbocycles. The normalized spacial score (nSPS) is 13.7. The van der Waals surface area contributed by atoms with Crippen LogP contribution in [-0.4, -0.2) is 38.1 Å². The Labute approximate surface area is 174 Å². The first-order valence-electron chi connectivity index (χ1n) is 9.98. The highest BCUT2D eigenvalue weighted by Crippen LogP contribution is 2.34. The third kappa shape index (κ3) is 6.13. The van der Waals surface area contributed by atoms with E-state index in [2.05, 4.69) is 20.8 Å². The molecule has 158 valence electrons. The first-order valence-corrected chi connectivity index (χ1v) is 9.98. The van der Waals surface area contributed by atoms with Crippen molar-refractivity contribution in [2.75, 3.05) is 32.0 Å². The number of aliphatic hydroxyl groups is 1. The molecule has 2 aromatic rings. The maximum Gasteiger partial charge on any atom is 0.234 e. The predicted octanol–water partition coefficient (Wildman–Crippen LogP) is 4.31. The summed E-state index contributed by atoms with van der Waals surface area (Å²) in [5.41, 5.74) is 2.42. The van der Waals surface area contributed by atoms with Crippen molar-refractivity contribution < 1.29 is 19.4 Å². The molecule has 0 saturated heterocycles. The maximum absolute atomic E-state index is 13.5. The minimum absolute atomic E-state index is 0.0983. The molecule has 5 heteroatoms. The number of methoxy groups -OCH3 is 1. The van der Waals surface area contributed by atoms with E-state index in [9.17, 15) is 9.90 Å². The Morgan fingerprint density at radius 1 is 1.03 bits per heavy atom. The number of ether oxygens (including phenoxy) is 2. The van der Waals surface area contributed by atoms with Gasteiger partial charge in [0.15, 0.2) is 0 Å². The third-order valence-corrected chi connectivity index (χ3v) is 4.93. The third-order valence-electron chi connectivity index (χ3n) is 4.93. The predicted molar refractivity (Wildman–Crippen MR) is 116 cm³/mol. The average Bonchev–Trinajstić information content (AvgIpc) is 2.72. The Hall–Kier alpha value is -2.21. The van der Waals surface area contributed by atoms with Gasteiger partial charge in [0.25, 0.3) is 0 Å². The monoisotopic (exact) mass is 399 g/mol. The number of carbonyl (C=O) groups excluding carboxylic acids is 1. The van der Waals surface area contributed by atoms with E-state index in [1.54, 1.807) is 18.9 Å². The summed E-state index contributed by atoms with van der Waals surface area (Å²) in [6.45, 7) is 9.02. The Morgan fingerprint density at radius 2 is 1.66 bits per heavy atom. The van der Waals surface area contributed by atoms with Crippen LogP contribution in [0.15, 0.2) is 54.6 Å². The fourth-order valence-electron chi connectivity index (χ4n) is 3.21. The molecular formula is C24H33NO4. The van der Waals surface area contributed by atoms with Crippen LogP contribution < -0.4 is 4.90 Å². The van der Waals surface area contributed by atoms with Gasteiger partial charge in [-0.15, -0.1) is 0 Å². The minimum Gasteiger partial charge on any atom is -0.388 e. The molecule has 5 nitrogen and oxygen atoms in total. The molecule has 0 aliphatic rings. The van der Waals surface area contributed by atoms with Crippen LogP contribution in [-0.2, 0) is 19.7 Å². The fourth-order valence-corrected chi connectivity index (χ4v) is 3.21. The van der Waals surface area contributed by atoms with Gasteiger partial charge in [0.2, 0.25) is 5.91 Å². The van der Waals surface area contributed by atoms with Gasteiger partial charge in [-0.05, 0) is 22.6 Å². The lowest BCUT2D eigenvalue weighted by molar-refractivity contribution is -0.126. The van der Waals surface area contributed by atoms with E-state index in [-0.39, 0.29) is 18.1 Å². The van der Waals surface area contributed by atoms with Gasteiger partial charge < -0.3 is 14.6 Å². The second kappa shape index (κ2) is 10.5. The summed E-state index contributed by atoms with van der Waals surface area (Å²) < 4.78 is 10.8. The molecule has 0 saturated carbocycles. The highest BCUT2D eigenvalue weighted by atomic mass is 16.5. The standard InChI is InChI=1S/C24H33NO4/c1-18(22(26)19-11-7-6-8-12-19)23(27)25(17-29-16-15-28-5)21-14-10-9-13-20(21)24(2,3)4/h6-14,18,22,26H,15-17H2,1-5H3/t18-,22-/m0/s1. The quantitative estimate of drug-likeness (QED) is 0.504. The van der Waals surface area contributed by atoms with Gasteiger partial charge in [0, 0.05) is 12.8 Å². The summed E-state index contributed by atoms with van der Waals surface area (Å²) in [7, 11) is 1.61. The van der Waals surface area contributed by atoms with E-state index in [4.69, 9.17) is 9.47 Å². The molecule has 0 radical (unpaired) electrons. The number of nitrogens with zero attached hydrogens (tertiary/aromatic N) is 1. The lowest BCUT2D eigenvalue weighted by Gasteiger charge is -2.32. The zero-order chi connectivity index (χ0) is 21.4. The molecule has 1 N–H and O–H groups in total. The molecular weight excluding hydrogens is 366 g/mol. The molecule has 29 heavy (non-hydrogen) atoms. The largest absolute Gasteiger partial charge is 0.388 e. The number of amides is 1. The van der Waals surface area contributed by atoms with E-state index >= 15 is 0 Å². The summed E-state index contributed by atoms with van der Waals surface area (Å²) in [5, 5.41) is 10.8. The van der Waals surface area contributed by atoms with Crippen molar-refractivity contribution in [1.29, 1.82) is 0 Å². The van der Waals surface area contributed by atoms with Crippen molar-refractivity contribution in [3.63, 3.8) is 0 Å². The number of carbonyl (C=O) groups is 1. The first-order chi connectivity index (χ1) is 13.8. The van der Waals surface area contributed by atoms with Crippen molar-refractivity contribution in [3.05, 3.63) is 65.7 Å². The molecule has 2 atom stereocenters. The zero-order valence-corrected chi connectivity index (χ0v) is 18.1. The Bertz CT molecular complexity index is 770. The van der Waals surface area contributed by atoms with Crippen molar-refractivity contribution in [2.24, 2.45) is 5.92 Å². The van der Waals surface area contributed by atoms with E-state index < -0.39 is 12.0 Å². The smallest absolute Gasteiger partial charge is 0.234 e. The van der Waals surface area contributed by atoms with E-state index in [0.29, 0.717) is 13.2 Å². The lowest BCUT2D eigenvalue weighted by Crippen LogP contribution is -2.40. The molecule has 0 heterocycles. The molecule has 0 spiro atoms. The van der Waals surface area contributed by atoms with Gasteiger partial charge >= 0.3 is 0 Å². The summed E-state index contributed by atoms with van der Waals surface area (Å²) in [4.78, 5) is 15.1. The van der Waals surface area contributed by atoms with Gasteiger partial charge in [-0.1, -0.05) is 76.2 Å². The molecule has 0 aliphatic carbocycles. The summed E-state index contributed by atoms with van der Waals surface area (Å²) in [5.74, 6) is -0.813. The summed E-state index contributed by atoms with van der Waals surface area (Å²) >= 11 is 0. The van der Waals surface area contributed by atoms with E-state index in [1.807, 2.05) is 54.6 Å². The van der Waals surface area contributed by atoms with Crippen LogP contribution in [0.1, 0.15) is 44.9 Å². The number of para-hydroxylation sites is 1. The molecule has 0 bridgehead atoms. The Kier molecular flexibility index (Phi) is 8.38. The van der Waals surface area contributed by atoms with Gasteiger partial charge in [0.05, 0.1) is 25.2 Å². The second-order valence-corrected chi connectivity index (χ2v) is 8.21. The molecule has 0 unspecified atom stereocenters. The molecule has 0 fully saturated rings. The van der Waals surface area contributed by atoms with Crippen molar-refractivity contribution >= 4 is 11.6 Å². The SMILES string of the molecule is COCCOCN(C(=O)[C@@H](C)[C@H](O)c1ccccc1)c1ccccc1C(C)(C)C. The first kappa shape index (κ1) is 23.1. The Morgan fingerprint density at radius 3 is 2.28 bits per heavy atom. The van der Waals surface area contributed by atoms with Crippen LogP contribution >= 0.6 is 0 Å². The Balaban J connectivity index is 2.34. The second-order valence-electron chi connectivity index (χ2n) is 8.21. The van der Waals surface area contributed by atoms with Crippen LogP contribution in [0.25, 0.3) is 0 Å². The van der Waals surface area contributed by atoms with Crippen LogP contribution in [0.4, 0.5) is 5.69 Å². The van der Waals surface area contributed by atoms with Crippen LogP contribution in [0.3, 0.4) is 0 Å². The topological polar surface area (TPSA) is 59.0 Å². The molecule has 0 aromatic heterocycles. The van der Waals surface area contributed by atoms with Crippen molar-refractivity contribution in [2.45, 2.75) is 39.2 Å². The van der Waals surface area contributed by atoms with Gasteiger partial charge in [-0.3, -0.25) is 9.69 Å². The molecule has 2 rings (SSSR count). The van der Waals surface area contributed by atoms with Crippen LogP contribution in [0, 0.1) is 5.92 Å². The average molecular weight is 400 g/mol. The molecule has 0 aliphatic heterocycles. The van der Waals surface area contributed by atoms with Crippen LogP contribution in [0.2, 0.25) is 0 Å². The molecule has 1 amide bonds. The number of benzene rings is 2. The highest BCUT2D eigenvalue weighted by molar-refractivity contribution is 5.96. The maximum atomic E-state index is 13.5. The van der Waals surface area contributed by atoms with Crippen molar-refractivity contribution in [1.82, 2.24) is 0 Å². The van der Waals surface area contributed by atoms with E-state index in [1.165, 1.54) is 0 Å². The van der Waals surface area contributed by atoms with Gasteiger partial charge in [-0.25, -0.2) is 0 Å². The summed E-state index contributed by atoms with van der Waals surface area (Å²) in [6, 6.07) is 17.1. The fraction of sp³-hybridized carbons (Fsp3) is 0.458.